The van der Waals surface area contributed by atoms with E-state index in [1.807, 2.05) is 0 Å². The molecule has 0 aliphatic carbocycles. The third-order valence-corrected chi connectivity index (χ3v) is 2.47. The molecular weight excluding hydrogens is 225 g/mol. The van der Waals surface area contributed by atoms with Crippen molar-refractivity contribution in [1.29, 1.82) is 0 Å². The van der Waals surface area contributed by atoms with Crippen LogP contribution in [0.1, 0.15) is 12.0 Å². The van der Waals surface area contributed by atoms with E-state index in [2.05, 4.69) is 5.32 Å². The number of benzene rings is 1. The summed E-state index contributed by atoms with van der Waals surface area (Å²) in [5.41, 5.74) is 0.552. The van der Waals surface area contributed by atoms with Gasteiger partial charge in [0.1, 0.15) is 17.6 Å². The van der Waals surface area contributed by atoms with E-state index in [0.29, 0.717) is 17.7 Å². The summed E-state index contributed by atoms with van der Waals surface area (Å²) in [6.45, 7) is 1.89. The summed E-state index contributed by atoms with van der Waals surface area (Å²) >= 11 is 0. The van der Waals surface area contributed by atoms with E-state index >= 15 is 0 Å². The molecule has 1 unspecified atom stereocenters. The van der Waals surface area contributed by atoms with Crippen LogP contribution in [-0.2, 0) is 4.79 Å². The monoisotopic (exact) mass is 241 g/mol. The van der Waals surface area contributed by atoms with E-state index in [9.17, 15) is 9.18 Å². The van der Waals surface area contributed by atoms with E-state index in [4.69, 9.17) is 9.84 Å². The number of rotatable bonds is 6. The zero-order valence-electron chi connectivity index (χ0n) is 9.87. The highest BCUT2D eigenvalue weighted by Crippen LogP contribution is 2.16. The summed E-state index contributed by atoms with van der Waals surface area (Å²) in [5.74, 6) is -0.842. The highest BCUT2D eigenvalue weighted by Gasteiger charge is 2.14. The summed E-state index contributed by atoms with van der Waals surface area (Å²) in [6.07, 6.45) is 0.321. The molecule has 0 fully saturated rings. The second kappa shape index (κ2) is 6.20. The van der Waals surface area contributed by atoms with Gasteiger partial charge in [-0.2, -0.15) is 0 Å². The lowest BCUT2D eigenvalue weighted by Gasteiger charge is -2.12. The summed E-state index contributed by atoms with van der Waals surface area (Å²) in [6, 6.07) is 3.93. The standard InChI is InChI=1S/C12H16FNO3/c1-8-3-4-9(7-10(8)13)17-6-5-11(14-2)12(15)16/h3-4,7,11,14H,5-6H2,1-2H3,(H,15,16). The molecule has 0 saturated heterocycles. The van der Waals surface area contributed by atoms with Crippen molar-refractivity contribution >= 4 is 5.97 Å². The van der Waals surface area contributed by atoms with E-state index in [1.54, 1.807) is 26.1 Å². The zero-order chi connectivity index (χ0) is 12.8. The Labute approximate surface area is 99.4 Å². The second-order valence-corrected chi connectivity index (χ2v) is 3.73. The number of carboxylic acids is 1. The van der Waals surface area contributed by atoms with Gasteiger partial charge in [0.25, 0.3) is 0 Å². The maximum absolute atomic E-state index is 13.2. The quantitative estimate of drug-likeness (QED) is 0.793. The smallest absolute Gasteiger partial charge is 0.320 e. The number of hydrogen-bond acceptors (Lipinski definition) is 3. The van der Waals surface area contributed by atoms with Crippen molar-refractivity contribution < 1.29 is 19.0 Å². The molecule has 1 rings (SSSR count). The van der Waals surface area contributed by atoms with Gasteiger partial charge in [0.05, 0.1) is 6.61 Å². The molecule has 0 bridgehead atoms. The average Bonchev–Trinajstić information content (AvgIpc) is 2.28. The Morgan fingerprint density at radius 1 is 1.59 bits per heavy atom. The predicted molar refractivity (Wildman–Crippen MR) is 61.7 cm³/mol. The fourth-order valence-electron chi connectivity index (χ4n) is 1.35. The first-order valence-corrected chi connectivity index (χ1v) is 5.33. The van der Waals surface area contributed by atoms with Crippen LogP contribution in [0.2, 0.25) is 0 Å². The van der Waals surface area contributed by atoms with Crippen molar-refractivity contribution in [2.75, 3.05) is 13.7 Å². The lowest BCUT2D eigenvalue weighted by molar-refractivity contribution is -0.139. The Morgan fingerprint density at radius 3 is 2.82 bits per heavy atom. The molecule has 0 spiro atoms. The summed E-state index contributed by atoms with van der Waals surface area (Å²) in [7, 11) is 1.57. The van der Waals surface area contributed by atoms with Gasteiger partial charge in [0, 0.05) is 12.5 Å². The first-order valence-electron chi connectivity index (χ1n) is 5.33. The van der Waals surface area contributed by atoms with Crippen LogP contribution < -0.4 is 10.1 Å². The van der Waals surface area contributed by atoms with Crippen LogP contribution in [0, 0.1) is 12.7 Å². The van der Waals surface area contributed by atoms with Crippen molar-refractivity contribution in [3.05, 3.63) is 29.6 Å². The van der Waals surface area contributed by atoms with Crippen LogP contribution >= 0.6 is 0 Å². The third-order valence-electron chi connectivity index (χ3n) is 2.47. The van der Waals surface area contributed by atoms with Crippen LogP contribution in [0.25, 0.3) is 0 Å². The molecule has 5 heteroatoms. The number of aliphatic carboxylic acids is 1. The summed E-state index contributed by atoms with van der Waals surface area (Å²) in [5, 5.41) is 11.4. The minimum atomic E-state index is -0.925. The Kier molecular flexibility index (Phi) is 4.90. The molecule has 0 aromatic heterocycles. The van der Waals surface area contributed by atoms with Crippen molar-refractivity contribution in [3.63, 3.8) is 0 Å². The summed E-state index contributed by atoms with van der Waals surface area (Å²) < 4.78 is 18.5. The van der Waals surface area contributed by atoms with Crippen LogP contribution in [0.3, 0.4) is 0 Å². The van der Waals surface area contributed by atoms with Gasteiger partial charge in [-0.15, -0.1) is 0 Å². The molecule has 0 aliphatic heterocycles. The SMILES string of the molecule is CNC(CCOc1ccc(C)c(F)c1)C(=O)O. The number of ether oxygens (including phenoxy) is 1. The fourth-order valence-corrected chi connectivity index (χ4v) is 1.35. The number of hydrogen-bond donors (Lipinski definition) is 2. The molecule has 0 aliphatic rings. The van der Waals surface area contributed by atoms with Gasteiger partial charge in [0.15, 0.2) is 0 Å². The largest absolute Gasteiger partial charge is 0.493 e. The molecule has 2 N–H and O–H groups in total. The van der Waals surface area contributed by atoms with E-state index in [1.165, 1.54) is 6.07 Å². The van der Waals surface area contributed by atoms with Crippen LogP contribution in [0.15, 0.2) is 18.2 Å². The Balaban J connectivity index is 2.45. The number of carbonyl (C=O) groups is 1. The predicted octanol–water partition coefficient (Wildman–Crippen LogP) is 1.58. The normalized spacial score (nSPS) is 12.2. The molecule has 0 radical (unpaired) electrons. The number of halogens is 1. The van der Waals surface area contributed by atoms with Crippen LogP contribution in [0.4, 0.5) is 4.39 Å². The minimum Gasteiger partial charge on any atom is -0.493 e. The molecule has 1 atom stereocenters. The number of aryl methyl sites for hydroxylation is 1. The van der Waals surface area contributed by atoms with Gasteiger partial charge in [0.2, 0.25) is 0 Å². The van der Waals surface area contributed by atoms with Crippen molar-refractivity contribution in [3.8, 4) is 5.75 Å². The Bertz CT molecular complexity index is 395. The van der Waals surface area contributed by atoms with Gasteiger partial charge in [-0.3, -0.25) is 4.79 Å². The molecule has 0 amide bonds. The molecule has 1 aromatic rings. The van der Waals surface area contributed by atoms with E-state index in [0.717, 1.165) is 0 Å². The molecule has 17 heavy (non-hydrogen) atoms. The molecule has 0 saturated carbocycles. The minimum absolute atomic E-state index is 0.223. The van der Waals surface area contributed by atoms with E-state index in [-0.39, 0.29) is 12.4 Å². The lowest BCUT2D eigenvalue weighted by Crippen LogP contribution is -2.35. The molecule has 94 valence electrons. The maximum Gasteiger partial charge on any atom is 0.320 e. The summed E-state index contributed by atoms with van der Waals surface area (Å²) in [4.78, 5) is 10.7. The van der Waals surface area contributed by atoms with Gasteiger partial charge in [-0.05, 0) is 25.6 Å². The topological polar surface area (TPSA) is 58.6 Å². The first kappa shape index (κ1) is 13.4. The Morgan fingerprint density at radius 2 is 2.29 bits per heavy atom. The number of nitrogens with one attached hydrogen (secondary N) is 1. The number of likely N-dealkylation sites (N-methyl/N-ethyl adjacent to an activating group) is 1. The fraction of sp³-hybridized carbons (Fsp3) is 0.417. The lowest BCUT2D eigenvalue weighted by atomic mass is 10.2. The highest BCUT2D eigenvalue weighted by atomic mass is 19.1. The molecule has 4 nitrogen and oxygen atoms in total. The van der Waals surface area contributed by atoms with Crippen LogP contribution in [0.5, 0.6) is 5.75 Å². The van der Waals surface area contributed by atoms with Gasteiger partial charge < -0.3 is 15.2 Å². The molecule has 1 aromatic carbocycles. The maximum atomic E-state index is 13.2. The van der Waals surface area contributed by atoms with Crippen molar-refractivity contribution in [2.24, 2.45) is 0 Å². The number of carboxylic acid groups (broad SMARTS) is 1. The Hall–Kier alpha value is -1.62. The van der Waals surface area contributed by atoms with Gasteiger partial charge >= 0.3 is 5.97 Å². The van der Waals surface area contributed by atoms with Gasteiger partial charge in [-0.1, -0.05) is 6.07 Å². The first-order chi connectivity index (χ1) is 8.04. The molecular formula is C12H16FNO3. The average molecular weight is 241 g/mol. The zero-order valence-corrected chi connectivity index (χ0v) is 9.87. The van der Waals surface area contributed by atoms with E-state index < -0.39 is 12.0 Å². The third kappa shape index (κ3) is 4.03. The highest BCUT2D eigenvalue weighted by molar-refractivity contribution is 5.73. The van der Waals surface area contributed by atoms with Crippen molar-refractivity contribution in [2.45, 2.75) is 19.4 Å². The van der Waals surface area contributed by atoms with Crippen molar-refractivity contribution in [1.82, 2.24) is 5.32 Å². The van der Waals surface area contributed by atoms with Gasteiger partial charge in [-0.25, -0.2) is 4.39 Å². The second-order valence-electron chi connectivity index (χ2n) is 3.73. The molecule has 0 heterocycles. The van der Waals surface area contributed by atoms with Crippen LogP contribution in [-0.4, -0.2) is 30.8 Å².